The van der Waals surface area contributed by atoms with E-state index in [1.165, 1.54) is 13.2 Å². The second-order valence-corrected chi connectivity index (χ2v) is 6.01. The fourth-order valence-corrected chi connectivity index (χ4v) is 2.35. The van der Waals surface area contributed by atoms with Gasteiger partial charge in [-0.2, -0.15) is 0 Å². The molecule has 0 saturated heterocycles. The van der Waals surface area contributed by atoms with E-state index in [4.69, 9.17) is 32.7 Å². The van der Waals surface area contributed by atoms with Crippen molar-refractivity contribution in [2.45, 2.75) is 0 Å². The Hall–Kier alpha value is -2.77. The van der Waals surface area contributed by atoms with Crippen LogP contribution in [0.15, 0.2) is 42.5 Å². The maximum absolute atomic E-state index is 12.0. The second kappa shape index (κ2) is 9.80. The highest BCUT2D eigenvalue weighted by molar-refractivity contribution is 6.44. The summed E-state index contributed by atoms with van der Waals surface area (Å²) in [5, 5.41) is 5.35. The third-order valence-corrected chi connectivity index (χ3v) is 4.13. The molecule has 2 aromatic rings. The molecule has 142 valence electrons. The zero-order chi connectivity index (χ0) is 19.8. The van der Waals surface area contributed by atoms with Crippen LogP contribution in [-0.4, -0.2) is 38.0 Å². The van der Waals surface area contributed by atoms with Crippen LogP contribution in [0, 0.1) is 0 Å². The first-order valence-corrected chi connectivity index (χ1v) is 8.48. The molecule has 0 aromatic heterocycles. The SMILES string of the molecule is COc1cccc(C(=O)NCC(=O)OCC(=O)Nc2cccc(Cl)c2Cl)c1. The molecule has 0 saturated carbocycles. The normalized spacial score (nSPS) is 10.0. The predicted molar refractivity (Wildman–Crippen MR) is 101 cm³/mol. The third-order valence-electron chi connectivity index (χ3n) is 3.32. The van der Waals surface area contributed by atoms with Gasteiger partial charge in [0.15, 0.2) is 6.61 Å². The number of esters is 1. The molecule has 27 heavy (non-hydrogen) atoms. The molecule has 7 nitrogen and oxygen atoms in total. The average Bonchev–Trinajstić information content (AvgIpc) is 2.68. The second-order valence-electron chi connectivity index (χ2n) is 5.22. The smallest absolute Gasteiger partial charge is 0.325 e. The van der Waals surface area contributed by atoms with E-state index in [9.17, 15) is 14.4 Å². The van der Waals surface area contributed by atoms with Crippen molar-refractivity contribution in [1.29, 1.82) is 0 Å². The Bertz CT molecular complexity index is 857. The minimum atomic E-state index is -0.765. The lowest BCUT2D eigenvalue weighted by Gasteiger charge is -2.09. The molecular formula is C18H16Cl2N2O5. The standard InChI is InChI=1S/C18H16Cl2N2O5/c1-26-12-5-2-4-11(8-12)18(25)21-9-16(24)27-10-15(23)22-14-7-3-6-13(19)17(14)20/h2-8H,9-10H2,1H3,(H,21,25)(H,22,23). The molecule has 0 spiro atoms. The average molecular weight is 411 g/mol. The van der Waals surface area contributed by atoms with Crippen LogP contribution in [0.1, 0.15) is 10.4 Å². The fraction of sp³-hybridized carbons (Fsp3) is 0.167. The van der Waals surface area contributed by atoms with Gasteiger partial charge in [-0.05, 0) is 30.3 Å². The van der Waals surface area contributed by atoms with Gasteiger partial charge in [-0.15, -0.1) is 0 Å². The molecule has 0 bridgehead atoms. The van der Waals surface area contributed by atoms with Crippen LogP contribution in [0.2, 0.25) is 10.0 Å². The molecule has 0 atom stereocenters. The van der Waals surface area contributed by atoms with Crippen LogP contribution < -0.4 is 15.4 Å². The Morgan fingerprint density at radius 1 is 1.07 bits per heavy atom. The fourth-order valence-electron chi connectivity index (χ4n) is 2.00. The maximum atomic E-state index is 12.0. The van der Waals surface area contributed by atoms with Gasteiger partial charge in [0, 0.05) is 5.56 Å². The molecule has 9 heteroatoms. The molecule has 0 fully saturated rings. The van der Waals surface area contributed by atoms with Crippen LogP contribution in [-0.2, 0) is 14.3 Å². The molecule has 0 heterocycles. The van der Waals surface area contributed by atoms with Gasteiger partial charge < -0.3 is 20.1 Å². The highest BCUT2D eigenvalue weighted by atomic mass is 35.5. The van der Waals surface area contributed by atoms with Crippen molar-refractivity contribution in [1.82, 2.24) is 5.32 Å². The maximum Gasteiger partial charge on any atom is 0.325 e. The summed E-state index contributed by atoms with van der Waals surface area (Å²) in [4.78, 5) is 35.5. The van der Waals surface area contributed by atoms with Crippen molar-refractivity contribution in [3.63, 3.8) is 0 Å². The number of rotatable bonds is 7. The van der Waals surface area contributed by atoms with E-state index >= 15 is 0 Å². The van der Waals surface area contributed by atoms with Gasteiger partial charge in [-0.25, -0.2) is 0 Å². The Kier molecular flexibility index (Phi) is 7.45. The molecule has 2 rings (SSSR count). The third kappa shape index (κ3) is 6.16. The number of methoxy groups -OCH3 is 1. The van der Waals surface area contributed by atoms with E-state index in [0.717, 1.165) is 0 Å². The summed E-state index contributed by atoms with van der Waals surface area (Å²) >= 11 is 11.8. The number of anilines is 1. The summed E-state index contributed by atoms with van der Waals surface area (Å²) in [6.07, 6.45) is 0. The van der Waals surface area contributed by atoms with Crippen molar-refractivity contribution in [2.75, 3.05) is 25.6 Å². The summed E-state index contributed by atoms with van der Waals surface area (Å²) in [6, 6.07) is 11.2. The van der Waals surface area contributed by atoms with E-state index in [2.05, 4.69) is 10.6 Å². The molecule has 2 aromatic carbocycles. The summed E-state index contributed by atoms with van der Waals surface area (Å²) in [5.74, 6) is -1.31. The minimum Gasteiger partial charge on any atom is -0.497 e. The van der Waals surface area contributed by atoms with Crippen LogP contribution in [0.5, 0.6) is 5.75 Å². The van der Waals surface area contributed by atoms with Crippen LogP contribution >= 0.6 is 23.2 Å². The Morgan fingerprint density at radius 2 is 1.81 bits per heavy atom. The number of halogens is 2. The Balaban J connectivity index is 1.77. The first-order valence-electron chi connectivity index (χ1n) is 7.72. The van der Waals surface area contributed by atoms with Crippen LogP contribution in [0.25, 0.3) is 0 Å². The van der Waals surface area contributed by atoms with E-state index in [-0.39, 0.29) is 16.6 Å². The van der Waals surface area contributed by atoms with Crippen molar-refractivity contribution in [3.05, 3.63) is 58.1 Å². The van der Waals surface area contributed by atoms with Crippen LogP contribution in [0.4, 0.5) is 5.69 Å². The summed E-state index contributed by atoms with van der Waals surface area (Å²) in [7, 11) is 1.48. The molecular weight excluding hydrogens is 395 g/mol. The van der Waals surface area contributed by atoms with E-state index < -0.39 is 24.4 Å². The van der Waals surface area contributed by atoms with Gasteiger partial charge in [0.2, 0.25) is 0 Å². The number of hydrogen-bond acceptors (Lipinski definition) is 5. The Morgan fingerprint density at radius 3 is 2.56 bits per heavy atom. The summed E-state index contributed by atoms with van der Waals surface area (Å²) in [5.41, 5.74) is 0.632. The van der Waals surface area contributed by atoms with Crippen molar-refractivity contribution >= 4 is 46.7 Å². The lowest BCUT2D eigenvalue weighted by Crippen LogP contribution is -2.32. The number of amides is 2. The highest BCUT2D eigenvalue weighted by Crippen LogP contribution is 2.29. The lowest BCUT2D eigenvalue weighted by atomic mass is 10.2. The minimum absolute atomic E-state index is 0.185. The monoisotopic (exact) mass is 410 g/mol. The highest BCUT2D eigenvalue weighted by Gasteiger charge is 2.13. The first kappa shape index (κ1) is 20.5. The number of carbonyl (C=O) groups is 3. The lowest BCUT2D eigenvalue weighted by molar-refractivity contribution is -0.146. The molecule has 0 aliphatic carbocycles. The zero-order valence-corrected chi connectivity index (χ0v) is 15.8. The van der Waals surface area contributed by atoms with Crippen LogP contribution in [0.3, 0.4) is 0 Å². The van der Waals surface area contributed by atoms with Gasteiger partial charge in [0.05, 0.1) is 22.8 Å². The number of carbonyl (C=O) groups excluding carboxylic acids is 3. The Labute approximate surface area is 165 Å². The zero-order valence-electron chi connectivity index (χ0n) is 14.3. The molecule has 0 unspecified atom stereocenters. The molecule has 0 aliphatic heterocycles. The van der Waals surface area contributed by atoms with Crippen molar-refractivity contribution in [3.8, 4) is 5.75 Å². The summed E-state index contributed by atoms with van der Waals surface area (Å²) < 4.78 is 9.84. The number of nitrogens with one attached hydrogen (secondary N) is 2. The van der Waals surface area contributed by atoms with Gasteiger partial charge in [-0.1, -0.05) is 35.3 Å². The number of hydrogen-bond donors (Lipinski definition) is 2. The van der Waals surface area contributed by atoms with Crippen molar-refractivity contribution in [2.24, 2.45) is 0 Å². The summed E-state index contributed by atoms with van der Waals surface area (Å²) in [6.45, 7) is -0.919. The topological polar surface area (TPSA) is 93.7 Å². The molecule has 2 N–H and O–H groups in total. The van der Waals surface area contributed by atoms with Gasteiger partial charge in [0.25, 0.3) is 11.8 Å². The molecule has 0 radical (unpaired) electrons. The van der Waals surface area contributed by atoms with E-state index in [0.29, 0.717) is 17.0 Å². The molecule has 2 amide bonds. The first-order chi connectivity index (χ1) is 12.9. The quantitative estimate of drug-likeness (QED) is 0.684. The molecule has 0 aliphatic rings. The van der Waals surface area contributed by atoms with Gasteiger partial charge in [-0.3, -0.25) is 14.4 Å². The van der Waals surface area contributed by atoms with E-state index in [1.807, 2.05) is 0 Å². The van der Waals surface area contributed by atoms with Gasteiger partial charge in [0.1, 0.15) is 12.3 Å². The number of benzene rings is 2. The van der Waals surface area contributed by atoms with Gasteiger partial charge >= 0.3 is 5.97 Å². The van der Waals surface area contributed by atoms with E-state index in [1.54, 1.807) is 36.4 Å². The van der Waals surface area contributed by atoms with Crippen molar-refractivity contribution < 1.29 is 23.9 Å². The predicted octanol–water partition coefficient (Wildman–Crippen LogP) is 2.91. The number of ether oxygens (including phenoxy) is 2. The largest absolute Gasteiger partial charge is 0.497 e.